The van der Waals surface area contributed by atoms with E-state index in [9.17, 15) is 9.90 Å². The maximum Gasteiger partial charge on any atom is 0.232 e. The molecule has 0 fully saturated rings. The SMILES string of the molecule is O=C(N[C@H]1c2ccccc2CC[C@@H]1c1cccc(O)c1)C(c1ccccc1)c1ccccc1. The molecule has 3 nitrogen and oxygen atoms in total. The first-order valence-corrected chi connectivity index (χ1v) is 11.5. The Morgan fingerprint density at radius 1 is 0.788 bits per heavy atom. The van der Waals surface area contributed by atoms with Crippen LogP contribution >= 0.6 is 0 Å². The lowest BCUT2D eigenvalue weighted by atomic mass is 9.76. The van der Waals surface area contributed by atoms with Crippen LogP contribution in [0.3, 0.4) is 0 Å². The summed E-state index contributed by atoms with van der Waals surface area (Å²) in [5.41, 5.74) is 5.42. The van der Waals surface area contributed by atoms with Crippen LogP contribution in [-0.2, 0) is 11.2 Å². The lowest BCUT2D eigenvalue weighted by Crippen LogP contribution is -2.38. The van der Waals surface area contributed by atoms with Crippen LogP contribution in [0.5, 0.6) is 5.75 Å². The molecule has 0 heterocycles. The molecule has 3 heteroatoms. The Bertz CT molecular complexity index is 1200. The summed E-state index contributed by atoms with van der Waals surface area (Å²) in [7, 11) is 0. The van der Waals surface area contributed by atoms with Gasteiger partial charge in [-0.2, -0.15) is 0 Å². The third-order valence-electron chi connectivity index (χ3n) is 6.64. The molecule has 0 aromatic heterocycles. The van der Waals surface area contributed by atoms with E-state index in [4.69, 9.17) is 0 Å². The molecule has 2 atom stereocenters. The van der Waals surface area contributed by atoms with Gasteiger partial charge in [-0.05, 0) is 52.8 Å². The summed E-state index contributed by atoms with van der Waals surface area (Å²) in [6, 6.07) is 35.5. The van der Waals surface area contributed by atoms with Crippen LogP contribution in [0.15, 0.2) is 109 Å². The number of carbonyl (C=O) groups excluding carboxylic acids is 1. The van der Waals surface area contributed by atoms with E-state index in [1.54, 1.807) is 6.07 Å². The number of benzene rings is 4. The molecular weight excluding hydrogens is 406 g/mol. The van der Waals surface area contributed by atoms with Crippen molar-refractivity contribution in [1.82, 2.24) is 5.32 Å². The van der Waals surface area contributed by atoms with Gasteiger partial charge in [0.05, 0.1) is 12.0 Å². The number of hydrogen-bond acceptors (Lipinski definition) is 2. The van der Waals surface area contributed by atoms with E-state index in [2.05, 4.69) is 23.5 Å². The number of aryl methyl sites for hydroxylation is 1. The van der Waals surface area contributed by atoms with Crippen LogP contribution in [-0.4, -0.2) is 11.0 Å². The second-order valence-corrected chi connectivity index (χ2v) is 8.68. The van der Waals surface area contributed by atoms with Gasteiger partial charge in [0.1, 0.15) is 5.75 Å². The van der Waals surface area contributed by atoms with E-state index >= 15 is 0 Å². The van der Waals surface area contributed by atoms with Crippen molar-refractivity contribution in [2.45, 2.75) is 30.7 Å². The molecule has 4 aromatic carbocycles. The standard InChI is InChI=1S/C30H27NO2/c32-25-16-9-15-24(20-25)27-19-18-21-10-7-8-17-26(21)29(27)31-30(33)28(22-11-3-1-4-12-22)23-13-5-2-6-14-23/h1-17,20,27-29,32H,18-19H2,(H,31,33)/t27-,29+/m1/s1. The smallest absolute Gasteiger partial charge is 0.232 e. The van der Waals surface area contributed by atoms with Gasteiger partial charge in [-0.15, -0.1) is 0 Å². The zero-order valence-corrected chi connectivity index (χ0v) is 18.4. The van der Waals surface area contributed by atoms with Gasteiger partial charge in [-0.1, -0.05) is 97.1 Å². The van der Waals surface area contributed by atoms with E-state index in [1.807, 2.05) is 84.9 Å². The Labute approximate surface area is 194 Å². The van der Waals surface area contributed by atoms with Crippen molar-refractivity contribution in [2.24, 2.45) is 0 Å². The van der Waals surface area contributed by atoms with Crippen LogP contribution < -0.4 is 5.32 Å². The van der Waals surface area contributed by atoms with Crippen molar-refractivity contribution < 1.29 is 9.90 Å². The molecule has 0 radical (unpaired) electrons. The third-order valence-corrected chi connectivity index (χ3v) is 6.64. The molecule has 0 saturated heterocycles. The maximum absolute atomic E-state index is 13.9. The van der Waals surface area contributed by atoms with Crippen LogP contribution in [0.1, 0.15) is 52.1 Å². The van der Waals surface area contributed by atoms with Crippen molar-refractivity contribution >= 4 is 5.91 Å². The Balaban J connectivity index is 1.54. The molecule has 4 aromatic rings. The average molecular weight is 434 g/mol. The Morgan fingerprint density at radius 3 is 2.09 bits per heavy atom. The van der Waals surface area contributed by atoms with Crippen molar-refractivity contribution in [3.63, 3.8) is 0 Å². The minimum atomic E-state index is -0.397. The summed E-state index contributed by atoms with van der Waals surface area (Å²) in [6.45, 7) is 0. The van der Waals surface area contributed by atoms with E-state index in [0.29, 0.717) is 0 Å². The van der Waals surface area contributed by atoms with Gasteiger partial charge in [0.25, 0.3) is 0 Å². The number of phenols is 1. The third kappa shape index (κ3) is 4.40. The molecule has 1 amide bonds. The number of fused-ring (bicyclic) bond motifs is 1. The maximum atomic E-state index is 13.9. The van der Waals surface area contributed by atoms with E-state index < -0.39 is 5.92 Å². The van der Waals surface area contributed by atoms with E-state index in [0.717, 1.165) is 35.1 Å². The summed E-state index contributed by atoms with van der Waals surface area (Å²) in [5, 5.41) is 13.5. The van der Waals surface area contributed by atoms with Crippen LogP contribution in [0, 0.1) is 0 Å². The monoisotopic (exact) mass is 433 g/mol. The lowest BCUT2D eigenvalue weighted by Gasteiger charge is -2.35. The number of amides is 1. The van der Waals surface area contributed by atoms with Gasteiger partial charge < -0.3 is 10.4 Å². The fourth-order valence-corrected chi connectivity index (χ4v) is 5.08. The molecule has 1 aliphatic carbocycles. The molecule has 0 saturated carbocycles. The van der Waals surface area contributed by atoms with E-state index in [1.165, 1.54) is 5.56 Å². The highest BCUT2D eigenvalue weighted by Gasteiger charge is 2.34. The Morgan fingerprint density at radius 2 is 1.42 bits per heavy atom. The zero-order valence-electron chi connectivity index (χ0n) is 18.4. The molecule has 0 unspecified atom stereocenters. The first-order valence-electron chi connectivity index (χ1n) is 11.5. The Hall–Kier alpha value is -3.85. The van der Waals surface area contributed by atoms with Gasteiger partial charge >= 0.3 is 0 Å². The number of carbonyl (C=O) groups is 1. The molecule has 0 bridgehead atoms. The van der Waals surface area contributed by atoms with E-state index in [-0.39, 0.29) is 23.6 Å². The quantitative estimate of drug-likeness (QED) is 0.399. The number of nitrogens with one attached hydrogen (secondary N) is 1. The van der Waals surface area contributed by atoms with Crippen LogP contribution in [0.25, 0.3) is 0 Å². The average Bonchev–Trinajstić information content (AvgIpc) is 2.86. The normalized spacial score (nSPS) is 17.4. The zero-order chi connectivity index (χ0) is 22.6. The highest BCUT2D eigenvalue weighted by Crippen LogP contribution is 2.42. The highest BCUT2D eigenvalue weighted by molar-refractivity contribution is 5.87. The summed E-state index contributed by atoms with van der Waals surface area (Å²) in [6.07, 6.45) is 1.86. The summed E-state index contributed by atoms with van der Waals surface area (Å²) >= 11 is 0. The molecule has 2 N–H and O–H groups in total. The molecular formula is C30H27NO2. The van der Waals surface area contributed by atoms with Crippen LogP contribution in [0.2, 0.25) is 0 Å². The topological polar surface area (TPSA) is 49.3 Å². The number of aromatic hydroxyl groups is 1. The molecule has 0 spiro atoms. The summed E-state index contributed by atoms with van der Waals surface area (Å²) in [4.78, 5) is 13.9. The Kier molecular flexibility index (Phi) is 5.95. The van der Waals surface area contributed by atoms with Gasteiger partial charge in [0, 0.05) is 5.92 Å². The first kappa shape index (κ1) is 21.0. The van der Waals surface area contributed by atoms with Crippen molar-refractivity contribution in [3.8, 4) is 5.75 Å². The summed E-state index contributed by atoms with van der Waals surface area (Å²) in [5.74, 6) is -0.0726. The molecule has 5 rings (SSSR count). The minimum absolute atomic E-state index is 0.0146. The second kappa shape index (κ2) is 9.33. The first-order chi connectivity index (χ1) is 16.2. The minimum Gasteiger partial charge on any atom is -0.508 e. The lowest BCUT2D eigenvalue weighted by molar-refractivity contribution is -0.122. The van der Waals surface area contributed by atoms with Crippen molar-refractivity contribution in [1.29, 1.82) is 0 Å². The molecule has 0 aliphatic heterocycles. The summed E-state index contributed by atoms with van der Waals surface area (Å²) < 4.78 is 0. The predicted octanol–water partition coefficient (Wildman–Crippen LogP) is 6.11. The van der Waals surface area contributed by atoms with Gasteiger partial charge in [0.15, 0.2) is 0 Å². The van der Waals surface area contributed by atoms with Gasteiger partial charge in [0.2, 0.25) is 5.91 Å². The van der Waals surface area contributed by atoms with Gasteiger partial charge in [-0.25, -0.2) is 0 Å². The highest BCUT2D eigenvalue weighted by atomic mass is 16.3. The molecule has 33 heavy (non-hydrogen) atoms. The molecule has 164 valence electrons. The molecule has 1 aliphatic rings. The van der Waals surface area contributed by atoms with Crippen LogP contribution in [0.4, 0.5) is 0 Å². The fourth-order valence-electron chi connectivity index (χ4n) is 5.08. The van der Waals surface area contributed by atoms with Crippen molar-refractivity contribution in [3.05, 3.63) is 137 Å². The largest absolute Gasteiger partial charge is 0.508 e. The van der Waals surface area contributed by atoms with Gasteiger partial charge in [-0.3, -0.25) is 4.79 Å². The number of phenolic OH excluding ortho intramolecular Hbond substituents is 1. The number of rotatable bonds is 5. The van der Waals surface area contributed by atoms with Crippen molar-refractivity contribution in [2.75, 3.05) is 0 Å². The predicted molar refractivity (Wildman–Crippen MR) is 131 cm³/mol. The fraction of sp³-hybridized carbons (Fsp3) is 0.167. The second-order valence-electron chi connectivity index (χ2n) is 8.68. The number of hydrogen-bond donors (Lipinski definition) is 2.